The van der Waals surface area contributed by atoms with Crippen LogP contribution in [0.1, 0.15) is 17.2 Å². The van der Waals surface area contributed by atoms with Crippen LogP contribution in [0, 0.1) is 6.92 Å². The minimum atomic E-state index is -0.922. The molecule has 0 amide bonds. The first-order valence-electron chi connectivity index (χ1n) is 8.84. The van der Waals surface area contributed by atoms with E-state index >= 15 is 0 Å². The van der Waals surface area contributed by atoms with Crippen LogP contribution in [0.25, 0.3) is 21.7 Å². The average Bonchev–Trinajstić information content (AvgIpc) is 2.74. The summed E-state index contributed by atoms with van der Waals surface area (Å²) >= 11 is 0. The van der Waals surface area contributed by atoms with Gasteiger partial charge in [-0.05, 0) is 30.5 Å². The first kappa shape index (κ1) is 17.8. The molecule has 0 saturated heterocycles. The van der Waals surface area contributed by atoms with Crippen molar-refractivity contribution < 1.29 is 18.7 Å². The molecule has 4 rings (SSSR count). The first-order chi connectivity index (χ1) is 13.6. The van der Waals surface area contributed by atoms with Crippen LogP contribution in [-0.4, -0.2) is 13.1 Å². The topological polar surface area (TPSA) is 65.7 Å². The lowest BCUT2D eigenvalue weighted by Crippen LogP contribution is -2.20. The van der Waals surface area contributed by atoms with Gasteiger partial charge in [-0.25, -0.2) is 9.59 Å². The quantitative estimate of drug-likeness (QED) is 0.298. The van der Waals surface area contributed by atoms with Crippen LogP contribution >= 0.6 is 0 Å². The third-order valence-electron chi connectivity index (χ3n) is 4.75. The van der Waals surface area contributed by atoms with E-state index in [9.17, 15) is 9.59 Å². The van der Waals surface area contributed by atoms with Gasteiger partial charge in [-0.15, -0.1) is 0 Å². The summed E-state index contributed by atoms with van der Waals surface area (Å²) in [5.74, 6) is -0.0594. The highest BCUT2D eigenvalue weighted by atomic mass is 16.6. The maximum atomic E-state index is 12.4. The first-order valence-corrected chi connectivity index (χ1v) is 8.84. The summed E-state index contributed by atoms with van der Waals surface area (Å²) in [6.45, 7) is 1.80. The second kappa shape index (κ2) is 7.19. The fourth-order valence-electron chi connectivity index (χ4n) is 3.30. The van der Waals surface area contributed by atoms with Gasteiger partial charge in [0.1, 0.15) is 11.3 Å². The molecule has 3 aromatic carbocycles. The van der Waals surface area contributed by atoms with Crippen molar-refractivity contribution in [2.24, 2.45) is 0 Å². The van der Waals surface area contributed by atoms with Crippen molar-refractivity contribution in [3.8, 4) is 5.75 Å². The van der Waals surface area contributed by atoms with Crippen molar-refractivity contribution in [3.05, 3.63) is 88.3 Å². The third kappa shape index (κ3) is 3.01. The number of methoxy groups -OCH3 is 1. The number of rotatable bonds is 4. The zero-order valence-electron chi connectivity index (χ0n) is 15.5. The standard InChI is InChI=1S/C23H18O5/c1-14-19(27-21(23(25)26-2)15-8-4-3-5-9-15)13-12-17-16-10-6-7-11-18(16)22(24)28-20(14)17/h3-13,21H,1-2H3/t21-/m0/s1. The number of aryl methyl sites for hydroxylation is 1. The Morgan fingerprint density at radius 2 is 1.57 bits per heavy atom. The minimum absolute atomic E-state index is 0.407. The van der Waals surface area contributed by atoms with Gasteiger partial charge in [0.05, 0.1) is 12.5 Å². The average molecular weight is 374 g/mol. The van der Waals surface area contributed by atoms with Gasteiger partial charge in [0.25, 0.3) is 0 Å². The minimum Gasteiger partial charge on any atom is -0.474 e. The lowest BCUT2D eigenvalue weighted by molar-refractivity contribution is -0.149. The van der Waals surface area contributed by atoms with E-state index in [4.69, 9.17) is 13.9 Å². The SMILES string of the molecule is COC(=O)[C@@H](Oc1ccc2c(oc(=O)c3ccccc32)c1C)c1ccccc1. The molecule has 0 fully saturated rings. The molecule has 0 aliphatic rings. The molecule has 0 unspecified atom stereocenters. The van der Waals surface area contributed by atoms with Gasteiger partial charge in [-0.2, -0.15) is 0 Å². The number of esters is 1. The Labute approximate surface area is 161 Å². The molecule has 5 nitrogen and oxygen atoms in total. The predicted octanol–water partition coefficient (Wildman–Crippen LogP) is 4.55. The lowest BCUT2D eigenvalue weighted by Gasteiger charge is -2.19. The zero-order chi connectivity index (χ0) is 19.7. The summed E-state index contributed by atoms with van der Waals surface area (Å²) in [4.78, 5) is 24.7. The molecule has 0 aliphatic carbocycles. The monoisotopic (exact) mass is 374 g/mol. The number of hydrogen-bond acceptors (Lipinski definition) is 5. The highest BCUT2D eigenvalue weighted by molar-refractivity contribution is 6.05. The summed E-state index contributed by atoms with van der Waals surface area (Å²) in [5, 5.41) is 2.16. The van der Waals surface area contributed by atoms with Crippen molar-refractivity contribution in [2.45, 2.75) is 13.0 Å². The van der Waals surface area contributed by atoms with Crippen molar-refractivity contribution in [1.29, 1.82) is 0 Å². The zero-order valence-corrected chi connectivity index (χ0v) is 15.5. The number of ether oxygens (including phenoxy) is 2. The molecular formula is C23H18O5. The summed E-state index contributed by atoms with van der Waals surface area (Å²) in [7, 11) is 1.32. The Bertz CT molecular complexity index is 1220. The van der Waals surface area contributed by atoms with E-state index < -0.39 is 17.7 Å². The fourth-order valence-corrected chi connectivity index (χ4v) is 3.30. The molecular weight excluding hydrogens is 356 g/mol. The Kier molecular flexibility index (Phi) is 4.57. The van der Waals surface area contributed by atoms with E-state index in [2.05, 4.69) is 0 Å². The molecule has 140 valence electrons. The van der Waals surface area contributed by atoms with Gasteiger partial charge in [0.15, 0.2) is 0 Å². The van der Waals surface area contributed by atoms with E-state index in [0.717, 1.165) is 10.8 Å². The maximum Gasteiger partial charge on any atom is 0.351 e. The van der Waals surface area contributed by atoms with Crippen molar-refractivity contribution in [3.63, 3.8) is 0 Å². The number of fused-ring (bicyclic) bond motifs is 3. The molecule has 28 heavy (non-hydrogen) atoms. The van der Waals surface area contributed by atoms with Crippen molar-refractivity contribution in [1.82, 2.24) is 0 Å². The molecule has 5 heteroatoms. The Morgan fingerprint density at radius 1 is 0.893 bits per heavy atom. The molecule has 0 aliphatic heterocycles. The van der Waals surface area contributed by atoms with Crippen LogP contribution in [0.3, 0.4) is 0 Å². The smallest absolute Gasteiger partial charge is 0.351 e. The van der Waals surface area contributed by atoms with E-state index in [1.165, 1.54) is 7.11 Å². The predicted molar refractivity (Wildman–Crippen MR) is 107 cm³/mol. The van der Waals surface area contributed by atoms with Gasteiger partial charge in [0, 0.05) is 16.5 Å². The Morgan fingerprint density at radius 3 is 2.29 bits per heavy atom. The number of carbonyl (C=O) groups is 1. The lowest BCUT2D eigenvalue weighted by atomic mass is 10.0. The summed E-state index contributed by atoms with van der Waals surface area (Å²) in [6, 6.07) is 20.0. The van der Waals surface area contributed by atoms with Crippen LogP contribution in [0.2, 0.25) is 0 Å². The van der Waals surface area contributed by atoms with Crippen molar-refractivity contribution >= 4 is 27.7 Å². The molecule has 1 heterocycles. The fraction of sp³-hybridized carbons (Fsp3) is 0.130. The third-order valence-corrected chi connectivity index (χ3v) is 4.75. The van der Waals surface area contributed by atoms with E-state index in [1.54, 1.807) is 37.3 Å². The summed E-state index contributed by atoms with van der Waals surface area (Å²) < 4.78 is 16.5. The highest BCUT2D eigenvalue weighted by Crippen LogP contribution is 2.33. The molecule has 0 bridgehead atoms. The molecule has 1 atom stereocenters. The molecule has 0 radical (unpaired) electrons. The molecule has 0 N–H and O–H groups in total. The van der Waals surface area contributed by atoms with Gasteiger partial charge in [0.2, 0.25) is 6.10 Å². The largest absolute Gasteiger partial charge is 0.474 e. The number of carbonyl (C=O) groups excluding carboxylic acids is 1. The van der Waals surface area contributed by atoms with Gasteiger partial charge in [-0.3, -0.25) is 0 Å². The van der Waals surface area contributed by atoms with Crippen LogP contribution in [-0.2, 0) is 9.53 Å². The van der Waals surface area contributed by atoms with Crippen LogP contribution < -0.4 is 10.4 Å². The Balaban J connectivity index is 1.85. The highest BCUT2D eigenvalue weighted by Gasteiger charge is 2.25. The van der Waals surface area contributed by atoms with Gasteiger partial charge < -0.3 is 13.9 Å². The molecule has 0 spiro atoms. The Hall–Kier alpha value is -3.60. The van der Waals surface area contributed by atoms with E-state index in [0.29, 0.717) is 27.8 Å². The van der Waals surface area contributed by atoms with E-state index in [-0.39, 0.29) is 0 Å². The van der Waals surface area contributed by atoms with E-state index in [1.807, 2.05) is 36.4 Å². The normalized spacial score (nSPS) is 12.1. The summed E-state index contributed by atoms with van der Waals surface area (Å²) in [6.07, 6.45) is -0.922. The molecule has 4 aromatic rings. The van der Waals surface area contributed by atoms with Gasteiger partial charge >= 0.3 is 11.6 Å². The molecule has 1 aromatic heterocycles. The molecule has 0 saturated carbocycles. The van der Waals surface area contributed by atoms with Crippen LogP contribution in [0.15, 0.2) is 75.9 Å². The second-order valence-corrected chi connectivity index (χ2v) is 6.43. The second-order valence-electron chi connectivity index (χ2n) is 6.43. The van der Waals surface area contributed by atoms with Gasteiger partial charge in [-0.1, -0.05) is 48.5 Å². The summed E-state index contributed by atoms with van der Waals surface area (Å²) in [5.41, 5.74) is 1.35. The van der Waals surface area contributed by atoms with Crippen LogP contribution in [0.4, 0.5) is 0 Å². The number of benzene rings is 3. The maximum absolute atomic E-state index is 12.4. The number of hydrogen-bond donors (Lipinski definition) is 0. The van der Waals surface area contributed by atoms with Crippen molar-refractivity contribution in [2.75, 3.05) is 7.11 Å². The van der Waals surface area contributed by atoms with Crippen LogP contribution in [0.5, 0.6) is 5.75 Å².